The molecule has 0 N–H and O–H groups in total. The average molecular weight is 515 g/mol. The fraction of sp³-hybridized carbons (Fsp3) is 0.933. The Labute approximate surface area is 222 Å². The van der Waals surface area contributed by atoms with Crippen molar-refractivity contribution in [1.82, 2.24) is 0 Å². The standard InChI is InChI=1S/C30H58O6/c1-5-7-9-11-13-15-17-19-21-23-29(31)35-33-27(3)25-26-28(4)34-36-30(32)24-22-20-18-16-14-12-10-8-6-2/h27-28H,5-26H2,1-4H3. The summed E-state index contributed by atoms with van der Waals surface area (Å²) in [6, 6.07) is 0. The van der Waals surface area contributed by atoms with Crippen LogP contribution in [0.2, 0.25) is 0 Å². The molecule has 36 heavy (non-hydrogen) atoms. The molecule has 2 unspecified atom stereocenters. The number of unbranched alkanes of at least 4 members (excludes halogenated alkanes) is 16. The normalized spacial score (nSPS) is 12.9. The third-order valence-electron chi connectivity index (χ3n) is 6.56. The molecule has 0 amide bonds. The van der Waals surface area contributed by atoms with Gasteiger partial charge >= 0.3 is 11.9 Å². The first-order chi connectivity index (χ1) is 17.5. The summed E-state index contributed by atoms with van der Waals surface area (Å²) < 4.78 is 0. The maximum absolute atomic E-state index is 11.8. The number of carbonyl (C=O) groups excluding carboxylic acids is 2. The lowest BCUT2D eigenvalue weighted by Gasteiger charge is -2.14. The van der Waals surface area contributed by atoms with Crippen LogP contribution in [0.3, 0.4) is 0 Å². The van der Waals surface area contributed by atoms with E-state index in [9.17, 15) is 9.59 Å². The summed E-state index contributed by atoms with van der Waals surface area (Å²) in [5, 5.41) is 0. The molecule has 214 valence electrons. The SMILES string of the molecule is CCCCCCCCCCCC(=O)OOC(C)CCC(C)OOC(=O)CCCCCCCCCCC. The molecule has 0 saturated heterocycles. The molecule has 0 aromatic carbocycles. The minimum absolute atomic E-state index is 0.235. The molecule has 0 fully saturated rings. The summed E-state index contributed by atoms with van der Waals surface area (Å²) in [7, 11) is 0. The van der Waals surface area contributed by atoms with E-state index in [1.807, 2.05) is 13.8 Å². The van der Waals surface area contributed by atoms with Crippen molar-refractivity contribution >= 4 is 11.9 Å². The molecule has 6 heteroatoms. The van der Waals surface area contributed by atoms with Gasteiger partial charge in [-0.15, -0.1) is 0 Å². The Morgan fingerprint density at radius 3 is 1.06 bits per heavy atom. The zero-order chi connectivity index (χ0) is 26.7. The Balaban J connectivity index is 3.55. The molecule has 0 aliphatic carbocycles. The molecule has 0 bridgehead atoms. The van der Waals surface area contributed by atoms with E-state index < -0.39 is 0 Å². The van der Waals surface area contributed by atoms with Gasteiger partial charge in [-0.1, -0.05) is 117 Å². The second kappa shape index (κ2) is 26.9. The average Bonchev–Trinajstić information content (AvgIpc) is 2.87. The number of hydrogen-bond acceptors (Lipinski definition) is 6. The second-order valence-corrected chi connectivity index (χ2v) is 10.5. The fourth-order valence-electron chi connectivity index (χ4n) is 4.08. The molecule has 0 radical (unpaired) electrons. The first-order valence-corrected chi connectivity index (χ1v) is 15.2. The highest BCUT2D eigenvalue weighted by Crippen LogP contribution is 2.13. The van der Waals surface area contributed by atoms with Crippen LogP contribution < -0.4 is 0 Å². The Morgan fingerprint density at radius 1 is 0.472 bits per heavy atom. The highest BCUT2D eigenvalue weighted by molar-refractivity contribution is 5.68. The van der Waals surface area contributed by atoms with Crippen molar-refractivity contribution in [3.8, 4) is 0 Å². The maximum Gasteiger partial charge on any atom is 0.342 e. The van der Waals surface area contributed by atoms with Gasteiger partial charge in [0.05, 0.1) is 0 Å². The van der Waals surface area contributed by atoms with Crippen molar-refractivity contribution < 1.29 is 29.1 Å². The van der Waals surface area contributed by atoms with Crippen molar-refractivity contribution in [2.24, 2.45) is 0 Å². The van der Waals surface area contributed by atoms with Crippen molar-refractivity contribution in [3.63, 3.8) is 0 Å². The van der Waals surface area contributed by atoms with Gasteiger partial charge in [-0.05, 0) is 39.5 Å². The molecule has 0 aliphatic heterocycles. The zero-order valence-electron chi connectivity index (χ0n) is 24.2. The van der Waals surface area contributed by atoms with Crippen LogP contribution in [0.15, 0.2) is 0 Å². The summed E-state index contributed by atoms with van der Waals surface area (Å²) in [5.74, 6) is -0.612. The van der Waals surface area contributed by atoms with Gasteiger partial charge in [-0.25, -0.2) is 9.59 Å². The summed E-state index contributed by atoms with van der Waals surface area (Å²) in [6.45, 7) is 8.18. The third kappa shape index (κ3) is 25.9. The van der Waals surface area contributed by atoms with E-state index in [1.54, 1.807) is 0 Å². The number of rotatable bonds is 27. The maximum atomic E-state index is 11.8. The molecular formula is C30H58O6. The van der Waals surface area contributed by atoms with E-state index in [0.717, 1.165) is 25.7 Å². The predicted octanol–water partition coefficient (Wildman–Crippen LogP) is 9.34. The highest BCUT2D eigenvalue weighted by atomic mass is 17.2. The Hall–Kier alpha value is -1.14. The van der Waals surface area contributed by atoms with Crippen LogP contribution in [0.25, 0.3) is 0 Å². The molecule has 0 aliphatic rings. The van der Waals surface area contributed by atoms with E-state index in [4.69, 9.17) is 19.6 Å². The van der Waals surface area contributed by atoms with Crippen LogP contribution in [0.4, 0.5) is 0 Å². The topological polar surface area (TPSA) is 71.1 Å². The van der Waals surface area contributed by atoms with Crippen molar-refractivity contribution in [2.75, 3.05) is 0 Å². The van der Waals surface area contributed by atoms with Crippen LogP contribution in [0.1, 0.15) is 169 Å². The second-order valence-electron chi connectivity index (χ2n) is 10.5. The summed E-state index contributed by atoms with van der Waals surface area (Å²) >= 11 is 0. The summed E-state index contributed by atoms with van der Waals surface area (Å²) in [4.78, 5) is 44.0. The first kappa shape index (κ1) is 34.9. The van der Waals surface area contributed by atoms with Crippen LogP contribution in [0, 0.1) is 0 Å². The van der Waals surface area contributed by atoms with Gasteiger partial charge in [0, 0.05) is 12.8 Å². The molecule has 0 heterocycles. The van der Waals surface area contributed by atoms with E-state index in [-0.39, 0.29) is 24.1 Å². The minimum atomic E-state index is -0.306. The van der Waals surface area contributed by atoms with Crippen molar-refractivity contribution in [1.29, 1.82) is 0 Å². The van der Waals surface area contributed by atoms with E-state index in [2.05, 4.69) is 13.8 Å². The Kier molecular flexibility index (Phi) is 26.1. The van der Waals surface area contributed by atoms with Gasteiger partial charge in [0.25, 0.3) is 0 Å². The molecule has 6 nitrogen and oxygen atoms in total. The van der Waals surface area contributed by atoms with E-state index in [0.29, 0.717) is 25.7 Å². The summed E-state index contributed by atoms with van der Waals surface area (Å²) in [6.07, 6.45) is 23.5. The van der Waals surface area contributed by atoms with Gasteiger partial charge in [-0.3, -0.25) is 9.78 Å². The van der Waals surface area contributed by atoms with E-state index >= 15 is 0 Å². The van der Waals surface area contributed by atoms with Gasteiger partial charge in [0.15, 0.2) is 0 Å². The van der Waals surface area contributed by atoms with Crippen LogP contribution in [-0.4, -0.2) is 24.1 Å². The van der Waals surface area contributed by atoms with Crippen molar-refractivity contribution in [3.05, 3.63) is 0 Å². The van der Waals surface area contributed by atoms with Gasteiger partial charge < -0.3 is 0 Å². The minimum Gasteiger partial charge on any atom is -0.298 e. The molecular weight excluding hydrogens is 456 g/mol. The fourth-order valence-corrected chi connectivity index (χ4v) is 4.08. The predicted molar refractivity (Wildman–Crippen MR) is 146 cm³/mol. The Bertz CT molecular complexity index is 452. The van der Waals surface area contributed by atoms with Gasteiger partial charge in [0.1, 0.15) is 12.2 Å². The molecule has 2 atom stereocenters. The first-order valence-electron chi connectivity index (χ1n) is 15.2. The van der Waals surface area contributed by atoms with Gasteiger partial charge in [-0.2, -0.15) is 9.78 Å². The highest BCUT2D eigenvalue weighted by Gasteiger charge is 2.13. The Morgan fingerprint density at radius 2 is 0.750 bits per heavy atom. The van der Waals surface area contributed by atoms with E-state index in [1.165, 1.54) is 89.9 Å². The lowest BCUT2D eigenvalue weighted by molar-refractivity contribution is -0.306. The lowest BCUT2D eigenvalue weighted by Crippen LogP contribution is -2.18. The monoisotopic (exact) mass is 514 g/mol. The van der Waals surface area contributed by atoms with Crippen LogP contribution in [0.5, 0.6) is 0 Å². The number of hydrogen-bond donors (Lipinski definition) is 0. The zero-order valence-corrected chi connectivity index (χ0v) is 24.2. The third-order valence-corrected chi connectivity index (χ3v) is 6.56. The summed E-state index contributed by atoms with van der Waals surface area (Å²) in [5.41, 5.74) is 0. The largest absolute Gasteiger partial charge is 0.342 e. The molecule has 0 spiro atoms. The van der Waals surface area contributed by atoms with Crippen LogP contribution >= 0.6 is 0 Å². The molecule has 0 rings (SSSR count). The number of carbonyl (C=O) groups is 2. The smallest absolute Gasteiger partial charge is 0.298 e. The molecule has 0 saturated carbocycles. The van der Waals surface area contributed by atoms with Gasteiger partial charge in [0.2, 0.25) is 0 Å². The van der Waals surface area contributed by atoms with Crippen LogP contribution in [-0.2, 0) is 29.1 Å². The molecule has 0 aromatic heterocycles. The quantitative estimate of drug-likeness (QED) is 0.0617. The van der Waals surface area contributed by atoms with Crippen molar-refractivity contribution in [2.45, 2.75) is 181 Å². The lowest BCUT2D eigenvalue weighted by atomic mass is 10.1. The molecule has 0 aromatic rings.